The van der Waals surface area contributed by atoms with Gasteiger partial charge in [-0.2, -0.15) is 13.2 Å². The Morgan fingerprint density at radius 3 is 2.22 bits per heavy atom. The second-order valence-corrected chi connectivity index (χ2v) is 13.0. The SMILES string of the molecule is COC[C@H]1CN(C(=O)[C@@H]2CN(C(C)C)C[C@H]2c2ccc(OC)cc2)C[C@@H]1c1ccc(C(F)(F)F)cc1N1CCC(C(=O)O)CC1. The number of piperidine rings is 1. The molecule has 5 rings (SSSR count). The Hall–Kier alpha value is -3.31. The Balaban J connectivity index is 1.44. The number of ether oxygens (including phenoxy) is 2. The number of hydrogen-bond donors (Lipinski definition) is 1. The molecule has 3 heterocycles. The van der Waals surface area contributed by atoms with Crippen LogP contribution in [0.3, 0.4) is 0 Å². The summed E-state index contributed by atoms with van der Waals surface area (Å²) in [6, 6.07) is 12.0. The van der Waals surface area contributed by atoms with Gasteiger partial charge in [0.2, 0.25) is 5.91 Å². The summed E-state index contributed by atoms with van der Waals surface area (Å²) < 4.78 is 52.6. The van der Waals surface area contributed by atoms with Gasteiger partial charge < -0.3 is 24.4 Å². The van der Waals surface area contributed by atoms with E-state index in [9.17, 15) is 27.9 Å². The van der Waals surface area contributed by atoms with E-state index >= 15 is 0 Å². The summed E-state index contributed by atoms with van der Waals surface area (Å²) in [6.07, 6.45) is -3.79. The third-order valence-corrected chi connectivity index (χ3v) is 10.0. The lowest BCUT2D eigenvalue weighted by molar-refractivity contribution is -0.142. The molecule has 45 heavy (non-hydrogen) atoms. The largest absolute Gasteiger partial charge is 0.497 e. The van der Waals surface area contributed by atoms with Crippen molar-refractivity contribution in [2.45, 2.75) is 50.7 Å². The van der Waals surface area contributed by atoms with Gasteiger partial charge in [-0.3, -0.25) is 14.5 Å². The van der Waals surface area contributed by atoms with Gasteiger partial charge in [0, 0.05) is 75.9 Å². The lowest BCUT2D eigenvalue weighted by Crippen LogP contribution is -2.38. The van der Waals surface area contributed by atoms with Crippen molar-refractivity contribution in [1.29, 1.82) is 0 Å². The molecule has 0 unspecified atom stereocenters. The second kappa shape index (κ2) is 13.6. The molecule has 0 bridgehead atoms. The number of carboxylic acid groups (broad SMARTS) is 1. The van der Waals surface area contributed by atoms with Gasteiger partial charge in [-0.25, -0.2) is 0 Å². The number of amides is 1. The van der Waals surface area contributed by atoms with Crippen molar-refractivity contribution in [2.24, 2.45) is 17.8 Å². The Kier molecular flexibility index (Phi) is 9.98. The summed E-state index contributed by atoms with van der Waals surface area (Å²) in [5.41, 5.74) is 1.56. The molecule has 3 aliphatic rings. The second-order valence-electron chi connectivity index (χ2n) is 13.0. The molecule has 1 amide bonds. The minimum Gasteiger partial charge on any atom is -0.497 e. The Bertz CT molecular complexity index is 1340. The lowest BCUT2D eigenvalue weighted by Gasteiger charge is -2.35. The van der Waals surface area contributed by atoms with Crippen LogP contribution in [-0.2, 0) is 20.5 Å². The fourth-order valence-electron chi connectivity index (χ4n) is 7.39. The molecule has 0 aliphatic carbocycles. The van der Waals surface area contributed by atoms with Crippen LogP contribution in [0.4, 0.5) is 18.9 Å². The molecule has 4 atom stereocenters. The molecule has 11 heteroatoms. The average Bonchev–Trinajstić information content (AvgIpc) is 3.66. The summed E-state index contributed by atoms with van der Waals surface area (Å²) >= 11 is 0. The van der Waals surface area contributed by atoms with Gasteiger partial charge in [0.25, 0.3) is 0 Å². The van der Waals surface area contributed by atoms with Crippen LogP contribution >= 0.6 is 0 Å². The maximum absolute atomic E-state index is 14.3. The first-order chi connectivity index (χ1) is 21.4. The third-order valence-electron chi connectivity index (χ3n) is 10.0. The van der Waals surface area contributed by atoms with E-state index in [4.69, 9.17) is 9.47 Å². The molecule has 246 valence electrons. The van der Waals surface area contributed by atoms with Crippen molar-refractivity contribution in [3.8, 4) is 5.75 Å². The van der Waals surface area contributed by atoms with Crippen LogP contribution in [0.5, 0.6) is 5.75 Å². The molecular weight excluding hydrogens is 587 g/mol. The summed E-state index contributed by atoms with van der Waals surface area (Å²) in [4.78, 5) is 32.0. The molecule has 0 radical (unpaired) electrons. The molecule has 8 nitrogen and oxygen atoms in total. The van der Waals surface area contributed by atoms with E-state index in [2.05, 4.69) is 18.7 Å². The topological polar surface area (TPSA) is 82.6 Å². The number of benzene rings is 2. The fourth-order valence-corrected chi connectivity index (χ4v) is 7.39. The highest BCUT2D eigenvalue weighted by Gasteiger charge is 2.45. The number of likely N-dealkylation sites (tertiary alicyclic amines) is 2. The summed E-state index contributed by atoms with van der Waals surface area (Å²) in [6.45, 7) is 7.55. The normalized spacial score (nSPS) is 24.9. The van der Waals surface area contributed by atoms with Crippen molar-refractivity contribution in [1.82, 2.24) is 9.80 Å². The number of anilines is 1. The zero-order valence-corrected chi connectivity index (χ0v) is 26.4. The number of alkyl halides is 3. The molecule has 0 aromatic heterocycles. The maximum Gasteiger partial charge on any atom is 0.416 e. The number of nitrogens with zero attached hydrogens (tertiary/aromatic N) is 3. The van der Waals surface area contributed by atoms with Gasteiger partial charge in [0.15, 0.2) is 0 Å². The third kappa shape index (κ3) is 7.09. The predicted molar refractivity (Wildman–Crippen MR) is 165 cm³/mol. The molecule has 3 saturated heterocycles. The van der Waals surface area contributed by atoms with Crippen LogP contribution in [0.25, 0.3) is 0 Å². The van der Waals surface area contributed by atoms with Crippen molar-refractivity contribution in [3.63, 3.8) is 0 Å². The zero-order chi connectivity index (χ0) is 32.5. The van der Waals surface area contributed by atoms with Crippen molar-refractivity contribution in [2.75, 3.05) is 65.0 Å². The number of carboxylic acids is 1. The summed E-state index contributed by atoms with van der Waals surface area (Å²) in [5, 5.41) is 9.47. The van der Waals surface area contributed by atoms with Gasteiger partial charge >= 0.3 is 12.1 Å². The Labute approximate surface area is 263 Å². The minimum absolute atomic E-state index is 0.00268. The van der Waals surface area contributed by atoms with E-state index in [-0.39, 0.29) is 35.6 Å². The highest BCUT2D eigenvalue weighted by Crippen LogP contribution is 2.44. The van der Waals surface area contributed by atoms with E-state index in [1.54, 1.807) is 20.3 Å². The highest BCUT2D eigenvalue weighted by atomic mass is 19.4. The van der Waals surface area contributed by atoms with Gasteiger partial charge in [-0.1, -0.05) is 18.2 Å². The number of methoxy groups -OCH3 is 2. The minimum atomic E-state index is -4.52. The van der Waals surface area contributed by atoms with Crippen molar-refractivity contribution in [3.05, 3.63) is 59.2 Å². The summed E-state index contributed by atoms with van der Waals surface area (Å²) in [5.74, 6) is -1.17. The van der Waals surface area contributed by atoms with E-state index in [0.717, 1.165) is 29.5 Å². The summed E-state index contributed by atoms with van der Waals surface area (Å²) in [7, 11) is 3.22. The van der Waals surface area contributed by atoms with Crippen LogP contribution in [0, 0.1) is 17.8 Å². The average molecular weight is 632 g/mol. The van der Waals surface area contributed by atoms with Gasteiger partial charge in [-0.15, -0.1) is 0 Å². The standard InChI is InChI=1S/C34H44F3N3O5/c1-21(2)39-17-28(22-5-8-26(45-4)9-6-22)30(19-39)32(41)40-16-24(20-44-3)29(18-40)27-10-7-25(34(35,36)37)15-31(27)38-13-11-23(12-14-38)33(42)43/h5-10,15,21,23-24,28-30H,11-14,16-20H2,1-4H3,(H,42,43)/t24-,28+,29+,30-/m1/s1. The van der Waals surface area contributed by atoms with E-state index < -0.39 is 23.6 Å². The van der Waals surface area contributed by atoms with Gasteiger partial charge in [-0.05, 0) is 62.1 Å². The smallest absolute Gasteiger partial charge is 0.416 e. The number of carbonyl (C=O) groups excluding carboxylic acids is 1. The molecule has 2 aromatic carbocycles. The maximum atomic E-state index is 14.3. The molecule has 0 spiro atoms. The van der Waals surface area contributed by atoms with Crippen LogP contribution in [0.2, 0.25) is 0 Å². The van der Waals surface area contributed by atoms with Gasteiger partial charge in [0.05, 0.1) is 31.1 Å². The zero-order valence-electron chi connectivity index (χ0n) is 26.4. The van der Waals surface area contributed by atoms with Crippen LogP contribution in [0.15, 0.2) is 42.5 Å². The highest BCUT2D eigenvalue weighted by molar-refractivity contribution is 5.81. The first-order valence-corrected chi connectivity index (χ1v) is 15.8. The van der Waals surface area contributed by atoms with Crippen molar-refractivity contribution >= 4 is 17.6 Å². The first kappa shape index (κ1) is 33.1. The number of hydrogen-bond acceptors (Lipinski definition) is 6. The number of rotatable bonds is 9. The van der Waals surface area contributed by atoms with E-state index in [1.807, 2.05) is 34.1 Å². The molecule has 2 aromatic rings. The predicted octanol–water partition coefficient (Wildman–Crippen LogP) is 5.33. The van der Waals surface area contributed by atoms with E-state index in [0.29, 0.717) is 57.9 Å². The number of aliphatic carboxylic acids is 1. The van der Waals surface area contributed by atoms with Crippen LogP contribution < -0.4 is 9.64 Å². The number of carbonyl (C=O) groups is 2. The Morgan fingerprint density at radius 1 is 0.956 bits per heavy atom. The molecular formula is C34H44F3N3O5. The Morgan fingerprint density at radius 2 is 1.64 bits per heavy atom. The van der Waals surface area contributed by atoms with Gasteiger partial charge in [0.1, 0.15) is 5.75 Å². The molecule has 3 fully saturated rings. The van der Waals surface area contributed by atoms with Crippen molar-refractivity contribution < 1.29 is 37.3 Å². The fraction of sp³-hybridized carbons (Fsp3) is 0.588. The van der Waals surface area contributed by atoms with Crippen LogP contribution in [-0.4, -0.2) is 92.9 Å². The monoisotopic (exact) mass is 631 g/mol. The quantitative estimate of drug-likeness (QED) is 0.401. The first-order valence-electron chi connectivity index (χ1n) is 15.8. The number of halogens is 3. The molecule has 3 aliphatic heterocycles. The molecule has 0 saturated carbocycles. The van der Waals surface area contributed by atoms with E-state index in [1.165, 1.54) is 6.07 Å². The van der Waals surface area contributed by atoms with Crippen LogP contribution in [0.1, 0.15) is 55.2 Å². The molecule has 1 N–H and O–H groups in total. The lowest BCUT2D eigenvalue weighted by atomic mass is 9.86.